The van der Waals surface area contributed by atoms with E-state index in [0.29, 0.717) is 11.8 Å². The molecule has 1 aromatic carbocycles. The molecule has 0 aliphatic rings. The maximum atomic E-state index is 10.7. The monoisotopic (exact) mass is 253 g/mol. The molecule has 1 atom stereocenters. The van der Waals surface area contributed by atoms with E-state index in [1.807, 2.05) is 36.0 Å². The zero-order chi connectivity index (χ0) is 12.7. The Hall–Kier alpha value is -1.00. The standard InChI is InChI=1S/C13H19NO2S/c1-10(6-7-14)17-9-12-5-3-2-4-11(12)8-13(15)16/h2-5,10H,6-9,14H2,1H3,(H,15,16). The average molecular weight is 253 g/mol. The van der Waals surface area contributed by atoms with Gasteiger partial charge in [0.15, 0.2) is 0 Å². The molecule has 0 aromatic heterocycles. The van der Waals surface area contributed by atoms with E-state index in [1.165, 1.54) is 0 Å². The van der Waals surface area contributed by atoms with Crippen molar-refractivity contribution in [3.8, 4) is 0 Å². The molecule has 0 amide bonds. The van der Waals surface area contributed by atoms with Gasteiger partial charge < -0.3 is 10.8 Å². The molecule has 0 aliphatic carbocycles. The number of carboxylic acids is 1. The van der Waals surface area contributed by atoms with Gasteiger partial charge in [-0.15, -0.1) is 0 Å². The minimum absolute atomic E-state index is 0.0992. The summed E-state index contributed by atoms with van der Waals surface area (Å²) < 4.78 is 0. The Labute approximate surface area is 106 Å². The summed E-state index contributed by atoms with van der Waals surface area (Å²) in [7, 11) is 0. The minimum Gasteiger partial charge on any atom is -0.481 e. The molecular formula is C13H19NO2S. The molecule has 94 valence electrons. The van der Waals surface area contributed by atoms with Crippen LogP contribution in [0.4, 0.5) is 0 Å². The van der Waals surface area contributed by atoms with Crippen LogP contribution in [0.1, 0.15) is 24.5 Å². The lowest BCUT2D eigenvalue weighted by molar-refractivity contribution is -0.136. The van der Waals surface area contributed by atoms with Crippen molar-refractivity contribution in [2.75, 3.05) is 6.54 Å². The fraction of sp³-hybridized carbons (Fsp3) is 0.462. The lowest BCUT2D eigenvalue weighted by Gasteiger charge is -2.12. The van der Waals surface area contributed by atoms with E-state index in [0.717, 1.165) is 23.3 Å². The Kier molecular flexibility index (Phi) is 6.08. The normalized spacial score (nSPS) is 12.4. The van der Waals surface area contributed by atoms with Crippen LogP contribution in [0, 0.1) is 0 Å². The number of hydrogen-bond donors (Lipinski definition) is 2. The summed E-state index contributed by atoms with van der Waals surface area (Å²) in [6.45, 7) is 2.85. The third-order valence-corrected chi connectivity index (χ3v) is 3.84. The second kappa shape index (κ2) is 7.35. The zero-order valence-corrected chi connectivity index (χ0v) is 10.9. The van der Waals surface area contributed by atoms with Gasteiger partial charge in [0.25, 0.3) is 0 Å². The number of hydrogen-bond acceptors (Lipinski definition) is 3. The Balaban J connectivity index is 2.60. The highest BCUT2D eigenvalue weighted by Crippen LogP contribution is 2.22. The van der Waals surface area contributed by atoms with E-state index < -0.39 is 5.97 Å². The minimum atomic E-state index is -0.780. The summed E-state index contributed by atoms with van der Waals surface area (Å²) in [5.74, 6) is 0.0717. The molecule has 0 bridgehead atoms. The van der Waals surface area contributed by atoms with Crippen LogP contribution in [0.25, 0.3) is 0 Å². The van der Waals surface area contributed by atoms with Crippen molar-refractivity contribution in [3.05, 3.63) is 35.4 Å². The molecule has 17 heavy (non-hydrogen) atoms. The van der Waals surface area contributed by atoms with E-state index in [2.05, 4.69) is 6.92 Å². The fourth-order valence-corrected chi connectivity index (χ4v) is 2.63. The van der Waals surface area contributed by atoms with Crippen molar-refractivity contribution in [2.45, 2.75) is 30.8 Å². The first kappa shape index (κ1) is 14.1. The first-order valence-corrected chi connectivity index (χ1v) is 6.78. The van der Waals surface area contributed by atoms with Gasteiger partial charge in [-0.25, -0.2) is 0 Å². The van der Waals surface area contributed by atoms with Crippen LogP contribution < -0.4 is 5.73 Å². The first-order valence-electron chi connectivity index (χ1n) is 5.73. The van der Waals surface area contributed by atoms with Crippen molar-refractivity contribution in [3.63, 3.8) is 0 Å². The van der Waals surface area contributed by atoms with E-state index >= 15 is 0 Å². The van der Waals surface area contributed by atoms with Crippen LogP contribution in [-0.2, 0) is 17.0 Å². The van der Waals surface area contributed by atoms with Crippen LogP contribution in [0.15, 0.2) is 24.3 Å². The maximum Gasteiger partial charge on any atom is 0.307 e. The molecule has 0 saturated heterocycles. The Morgan fingerprint density at radius 2 is 2.06 bits per heavy atom. The van der Waals surface area contributed by atoms with Crippen molar-refractivity contribution >= 4 is 17.7 Å². The fourth-order valence-electron chi connectivity index (χ4n) is 1.58. The molecule has 0 saturated carbocycles. The van der Waals surface area contributed by atoms with E-state index in [9.17, 15) is 4.79 Å². The van der Waals surface area contributed by atoms with Gasteiger partial charge >= 0.3 is 5.97 Å². The Morgan fingerprint density at radius 1 is 1.41 bits per heavy atom. The highest BCUT2D eigenvalue weighted by molar-refractivity contribution is 7.99. The molecule has 1 unspecified atom stereocenters. The number of carbonyl (C=O) groups is 1. The molecule has 3 N–H and O–H groups in total. The molecule has 0 aliphatic heterocycles. The van der Waals surface area contributed by atoms with Crippen molar-refractivity contribution in [1.29, 1.82) is 0 Å². The highest BCUT2D eigenvalue weighted by Gasteiger charge is 2.08. The van der Waals surface area contributed by atoms with Crippen molar-refractivity contribution < 1.29 is 9.90 Å². The second-order valence-corrected chi connectivity index (χ2v) is 5.46. The summed E-state index contributed by atoms with van der Waals surface area (Å²) in [5.41, 5.74) is 7.53. The maximum absolute atomic E-state index is 10.7. The van der Waals surface area contributed by atoms with E-state index in [1.54, 1.807) is 0 Å². The summed E-state index contributed by atoms with van der Waals surface area (Å²) >= 11 is 1.82. The number of aliphatic carboxylic acids is 1. The second-order valence-electron chi connectivity index (χ2n) is 4.04. The van der Waals surface area contributed by atoms with Gasteiger partial charge in [-0.2, -0.15) is 11.8 Å². The van der Waals surface area contributed by atoms with Crippen LogP contribution in [0.2, 0.25) is 0 Å². The first-order chi connectivity index (χ1) is 8.13. The average Bonchev–Trinajstić information content (AvgIpc) is 2.27. The number of carboxylic acid groups (broad SMARTS) is 1. The molecule has 4 heteroatoms. The Morgan fingerprint density at radius 3 is 2.65 bits per heavy atom. The van der Waals surface area contributed by atoms with Gasteiger partial charge in [-0.1, -0.05) is 31.2 Å². The van der Waals surface area contributed by atoms with Crippen LogP contribution in [-0.4, -0.2) is 22.9 Å². The molecule has 1 rings (SSSR count). The summed E-state index contributed by atoms with van der Waals surface area (Å²) in [6.07, 6.45) is 1.09. The highest BCUT2D eigenvalue weighted by atomic mass is 32.2. The molecular weight excluding hydrogens is 234 g/mol. The zero-order valence-electron chi connectivity index (χ0n) is 10.1. The topological polar surface area (TPSA) is 63.3 Å². The van der Waals surface area contributed by atoms with Gasteiger partial charge in [0.2, 0.25) is 0 Å². The number of rotatable bonds is 7. The van der Waals surface area contributed by atoms with Gasteiger partial charge in [0.05, 0.1) is 6.42 Å². The molecule has 1 aromatic rings. The SMILES string of the molecule is CC(CCN)SCc1ccccc1CC(=O)O. The molecule has 0 fully saturated rings. The lowest BCUT2D eigenvalue weighted by Crippen LogP contribution is -2.08. The summed E-state index contributed by atoms with van der Waals surface area (Å²) in [6, 6.07) is 7.72. The quantitative estimate of drug-likeness (QED) is 0.782. The predicted molar refractivity (Wildman–Crippen MR) is 72.2 cm³/mol. The largest absolute Gasteiger partial charge is 0.481 e. The number of nitrogens with two attached hydrogens (primary N) is 1. The smallest absolute Gasteiger partial charge is 0.307 e. The molecule has 0 heterocycles. The molecule has 0 spiro atoms. The van der Waals surface area contributed by atoms with Gasteiger partial charge in [0.1, 0.15) is 0 Å². The third kappa shape index (κ3) is 5.24. The summed E-state index contributed by atoms with van der Waals surface area (Å²) in [5, 5.41) is 9.34. The van der Waals surface area contributed by atoms with Crippen molar-refractivity contribution in [2.24, 2.45) is 5.73 Å². The van der Waals surface area contributed by atoms with E-state index in [-0.39, 0.29) is 6.42 Å². The van der Waals surface area contributed by atoms with Gasteiger partial charge in [0, 0.05) is 11.0 Å². The summed E-state index contributed by atoms with van der Waals surface area (Å²) in [4.78, 5) is 10.7. The number of thioether (sulfide) groups is 1. The number of benzene rings is 1. The Bertz CT molecular complexity index is 368. The van der Waals surface area contributed by atoms with Crippen LogP contribution in [0.3, 0.4) is 0 Å². The third-order valence-electron chi connectivity index (χ3n) is 2.56. The van der Waals surface area contributed by atoms with Crippen LogP contribution in [0.5, 0.6) is 0 Å². The van der Waals surface area contributed by atoms with Gasteiger partial charge in [-0.3, -0.25) is 4.79 Å². The van der Waals surface area contributed by atoms with Crippen LogP contribution >= 0.6 is 11.8 Å². The predicted octanol–water partition coefficient (Wildman–Crippen LogP) is 2.28. The molecule has 0 radical (unpaired) electrons. The lowest BCUT2D eigenvalue weighted by atomic mass is 10.1. The van der Waals surface area contributed by atoms with Crippen molar-refractivity contribution in [1.82, 2.24) is 0 Å². The van der Waals surface area contributed by atoms with Gasteiger partial charge in [-0.05, 0) is 24.1 Å². The van der Waals surface area contributed by atoms with E-state index in [4.69, 9.17) is 10.8 Å². The molecule has 3 nitrogen and oxygen atoms in total.